The highest BCUT2D eigenvalue weighted by Crippen LogP contribution is 2.19. The van der Waals surface area contributed by atoms with Gasteiger partial charge in [0.05, 0.1) is 13.2 Å². The normalized spacial score (nSPS) is 11.2. The highest BCUT2D eigenvalue weighted by Gasteiger charge is 2.17. The Morgan fingerprint density at radius 2 is 1.94 bits per heavy atom. The number of aliphatic hydroxyl groups is 2. The zero-order chi connectivity index (χ0) is 13.8. The summed E-state index contributed by atoms with van der Waals surface area (Å²) in [6, 6.07) is 4.93. The molecule has 0 radical (unpaired) electrons. The first-order valence-corrected chi connectivity index (χ1v) is 5.69. The second-order valence-corrected chi connectivity index (χ2v) is 4.93. The molecule has 0 saturated carbocycles. The summed E-state index contributed by atoms with van der Waals surface area (Å²) < 4.78 is 5.12. The summed E-state index contributed by atoms with van der Waals surface area (Å²) in [5, 5.41) is 20.8. The Bertz CT molecular complexity index is 423. The second kappa shape index (κ2) is 5.84. The Labute approximate surface area is 106 Å². The van der Waals surface area contributed by atoms with E-state index in [9.17, 15) is 9.90 Å². The van der Waals surface area contributed by atoms with Crippen LogP contribution in [0.1, 0.15) is 31.9 Å². The smallest absolute Gasteiger partial charge is 0.412 e. The van der Waals surface area contributed by atoms with E-state index < -0.39 is 11.7 Å². The summed E-state index contributed by atoms with van der Waals surface area (Å²) in [5.74, 6) is 0. The molecule has 3 N–H and O–H groups in total. The van der Waals surface area contributed by atoms with Gasteiger partial charge in [-0.1, -0.05) is 6.07 Å². The lowest BCUT2D eigenvalue weighted by Crippen LogP contribution is -2.27. The summed E-state index contributed by atoms with van der Waals surface area (Å²) >= 11 is 0. The lowest BCUT2D eigenvalue weighted by Gasteiger charge is -2.20. The van der Waals surface area contributed by atoms with Crippen molar-refractivity contribution in [3.8, 4) is 0 Å². The van der Waals surface area contributed by atoms with E-state index in [-0.39, 0.29) is 13.2 Å². The van der Waals surface area contributed by atoms with E-state index in [2.05, 4.69) is 5.32 Å². The maximum atomic E-state index is 11.6. The molecule has 1 aromatic carbocycles. The number of ether oxygens (including phenoxy) is 1. The van der Waals surface area contributed by atoms with Gasteiger partial charge in [0.15, 0.2) is 0 Å². The summed E-state index contributed by atoms with van der Waals surface area (Å²) in [5.41, 5.74) is 1.11. The minimum Gasteiger partial charge on any atom is -0.444 e. The predicted molar refractivity (Wildman–Crippen MR) is 68.1 cm³/mol. The molecule has 0 saturated heterocycles. The van der Waals surface area contributed by atoms with Gasteiger partial charge in [0, 0.05) is 11.3 Å². The number of nitrogens with one attached hydrogen (secondary N) is 1. The van der Waals surface area contributed by atoms with Gasteiger partial charge in [-0.2, -0.15) is 0 Å². The average Bonchev–Trinajstić information content (AvgIpc) is 2.27. The van der Waals surface area contributed by atoms with Crippen LogP contribution in [0.3, 0.4) is 0 Å². The van der Waals surface area contributed by atoms with Crippen molar-refractivity contribution >= 4 is 11.8 Å². The van der Waals surface area contributed by atoms with E-state index in [1.165, 1.54) is 0 Å². The Morgan fingerprint density at radius 3 is 2.44 bits per heavy atom. The average molecular weight is 253 g/mol. The third-order valence-corrected chi connectivity index (χ3v) is 2.16. The molecule has 5 heteroatoms. The molecule has 0 heterocycles. The van der Waals surface area contributed by atoms with Crippen molar-refractivity contribution in [1.29, 1.82) is 0 Å². The molecule has 0 bridgehead atoms. The summed E-state index contributed by atoms with van der Waals surface area (Å²) in [6.07, 6.45) is -0.575. The van der Waals surface area contributed by atoms with Gasteiger partial charge in [0.1, 0.15) is 5.60 Å². The van der Waals surface area contributed by atoms with Crippen LogP contribution >= 0.6 is 0 Å². The second-order valence-electron chi connectivity index (χ2n) is 4.93. The van der Waals surface area contributed by atoms with Crippen molar-refractivity contribution < 1.29 is 19.7 Å². The monoisotopic (exact) mass is 253 g/mol. The molecule has 0 fully saturated rings. The van der Waals surface area contributed by atoms with Gasteiger partial charge in [-0.15, -0.1) is 0 Å². The quantitative estimate of drug-likeness (QED) is 0.770. The molecule has 18 heavy (non-hydrogen) atoms. The van der Waals surface area contributed by atoms with Crippen LogP contribution in [0.15, 0.2) is 18.2 Å². The molecule has 5 nitrogen and oxygen atoms in total. The largest absolute Gasteiger partial charge is 0.444 e. The molecule has 0 aromatic heterocycles. The summed E-state index contributed by atoms with van der Waals surface area (Å²) in [6.45, 7) is 4.98. The van der Waals surface area contributed by atoms with Gasteiger partial charge in [0.2, 0.25) is 0 Å². The first kappa shape index (κ1) is 14.5. The van der Waals surface area contributed by atoms with Crippen molar-refractivity contribution in [2.45, 2.75) is 39.6 Å². The molecule has 0 spiro atoms. The SMILES string of the molecule is CC(C)(C)OC(=O)Nc1ccc(CO)cc1CO. The maximum Gasteiger partial charge on any atom is 0.412 e. The van der Waals surface area contributed by atoms with Gasteiger partial charge in [-0.3, -0.25) is 5.32 Å². The lowest BCUT2D eigenvalue weighted by atomic mass is 10.1. The Balaban J connectivity index is 2.81. The van der Waals surface area contributed by atoms with Gasteiger partial charge in [0.25, 0.3) is 0 Å². The number of carbonyl (C=O) groups excluding carboxylic acids is 1. The maximum absolute atomic E-state index is 11.6. The molecule has 0 unspecified atom stereocenters. The molecule has 1 aromatic rings. The van der Waals surface area contributed by atoms with Crippen LogP contribution in [-0.4, -0.2) is 21.9 Å². The number of hydrogen-bond acceptors (Lipinski definition) is 4. The van der Waals surface area contributed by atoms with E-state index in [1.807, 2.05) is 0 Å². The molecule has 0 aliphatic rings. The topological polar surface area (TPSA) is 78.8 Å². The number of carbonyl (C=O) groups is 1. The number of aliphatic hydroxyl groups excluding tert-OH is 2. The fourth-order valence-electron chi connectivity index (χ4n) is 1.41. The zero-order valence-electron chi connectivity index (χ0n) is 10.9. The van der Waals surface area contributed by atoms with E-state index in [4.69, 9.17) is 9.84 Å². The van der Waals surface area contributed by atoms with Crippen LogP contribution in [0.25, 0.3) is 0 Å². The molecule has 0 aliphatic carbocycles. The van der Waals surface area contributed by atoms with E-state index in [1.54, 1.807) is 39.0 Å². The zero-order valence-corrected chi connectivity index (χ0v) is 10.9. The highest BCUT2D eigenvalue weighted by atomic mass is 16.6. The van der Waals surface area contributed by atoms with Crippen LogP contribution in [0.5, 0.6) is 0 Å². The van der Waals surface area contributed by atoms with Gasteiger partial charge in [-0.25, -0.2) is 4.79 Å². The van der Waals surface area contributed by atoms with E-state index in [0.717, 1.165) is 0 Å². The molecule has 0 atom stereocenters. The third-order valence-electron chi connectivity index (χ3n) is 2.16. The van der Waals surface area contributed by atoms with Crippen LogP contribution in [-0.2, 0) is 18.0 Å². The molecule has 0 aliphatic heterocycles. The number of benzene rings is 1. The Hall–Kier alpha value is -1.59. The number of rotatable bonds is 3. The molecule has 100 valence electrons. The van der Waals surface area contributed by atoms with Crippen molar-refractivity contribution in [2.24, 2.45) is 0 Å². The molecule has 1 rings (SSSR count). The number of anilines is 1. The first-order chi connectivity index (χ1) is 8.35. The molecule has 1 amide bonds. The third kappa shape index (κ3) is 4.35. The van der Waals surface area contributed by atoms with Gasteiger partial charge < -0.3 is 14.9 Å². The van der Waals surface area contributed by atoms with Crippen molar-refractivity contribution in [2.75, 3.05) is 5.32 Å². The summed E-state index contributed by atoms with van der Waals surface area (Å²) in [7, 11) is 0. The van der Waals surface area contributed by atoms with Crippen LogP contribution in [0, 0.1) is 0 Å². The van der Waals surface area contributed by atoms with E-state index in [0.29, 0.717) is 16.8 Å². The summed E-state index contributed by atoms with van der Waals surface area (Å²) in [4.78, 5) is 11.6. The van der Waals surface area contributed by atoms with Gasteiger partial charge in [-0.05, 0) is 38.5 Å². The molecular weight excluding hydrogens is 234 g/mol. The van der Waals surface area contributed by atoms with Crippen molar-refractivity contribution in [3.63, 3.8) is 0 Å². The van der Waals surface area contributed by atoms with Crippen molar-refractivity contribution in [3.05, 3.63) is 29.3 Å². The lowest BCUT2D eigenvalue weighted by molar-refractivity contribution is 0.0635. The minimum atomic E-state index is -0.575. The predicted octanol–water partition coefficient (Wildman–Crippen LogP) is 2.02. The van der Waals surface area contributed by atoms with Crippen molar-refractivity contribution in [1.82, 2.24) is 0 Å². The highest BCUT2D eigenvalue weighted by molar-refractivity contribution is 5.86. The standard InChI is InChI=1S/C13H19NO4/c1-13(2,3)18-12(17)14-11-5-4-9(7-15)6-10(11)8-16/h4-6,15-16H,7-8H2,1-3H3,(H,14,17). The first-order valence-electron chi connectivity index (χ1n) is 5.69. The fourth-order valence-corrected chi connectivity index (χ4v) is 1.41. The molecular formula is C13H19NO4. The van der Waals surface area contributed by atoms with Crippen LogP contribution < -0.4 is 5.32 Å². The number of amides is 1. The van der Waals surface area contributed by atoms with Gasteiger partial charge >= 0.3 is 6.09 Å². The van der Waals surface area contributed by atoms with Crippen LogP contribution in [0.2, 0.25) is 0 Å². The fraction of sp³-hybridized carbons (Fsp3) is 0.462. The Morgan fingerprint density at radius 1 is 1.28 bits per heavy atom. The van der Waals surface area contributed by atoms with E-state index >= 15 is 0 Å². The Kier molecular flexibility index (Phi) is 4.69. The number of hydrogen-bond donors (Lipinski definition) is 3. The van der Waals surface area contributed by atoms with Crippen LogP contribution in [0.4, 0.5) is 10.5 Å². The minimum absolute atomic E-state index is 0.111.